The number of hydrogen-bond donors (Lipinski definition) is 4. The van der Waals surface area contributed by atoms with Crippen LogP contribution >= 0.6 is 0 Å². The zero-order valence-electron chi connectivity index (χ0n) is 7.42. The van der Waals surface area contributed by atoms with E-state index in [2.05, 4.69) is 0 Å². The molecule has 0 aliphatic carbocycles. The summed E-state index contributed by atoms with van der Waals surface area (Å²) in [5.41, 5.74) is 9.10. The largest absolute Gasteiger partial charge is 0.447 e. The molecule has 0 saturated carbocycles. The summed E-state index contributed by atoms with van der Waals surface area (Å²) in [6.07, 6.45) is -5.24. The summed E-state index contributed by atoms with van der Waals surface area (Å²) in [6, 6.07) is 3.09. The van der Waals surface area contributed by atoms with Gasteiger partial charge in [0.2, 0.25) is 0 Å². The number of alkyl halides is 3. The minimum Gasteiger partial charge on any atom is -0.399 e. The summed E-state index contributed by atoms with van der Waals surface area (Å²) in [5.74, 6) is -3.99. The molecule has 0 aliphatic heterocycles. The van der Waals surface area contributed by atoms with Crippen LogP contribution in [-0.4, -0.2) is 16.4 Å². The van der Waals surface area contributed by atoms with E-state index in [1.54, 1.807) is 0 Å². The molecule has 1 rings (SSSR count). The van der Waals surface area contributed by atoms with Crippen molar-refractivity contribution in [2.45, 2.75) is 12.0 Å². The minimum atomic E-state index is -5.24. The number of rotatable bonds is 1. The average Bonchev–Trinajstić information content (AvgIpc) is 2.07. The van der Waals surface area contributed by atoms with Crippen molar-refractivity contribution in [3.8, 4) is 0 Å². The quantitative estimate of drug-likeness (QED) is 0.412. The normalized spacial score (nSPS) is 12.9. The Bertz CT molecular complexity index is 377. The van der Waals surface area contributed by atoms with Crippen LogP contribution in [0.25, 0.3) is 0 Å². The highest BCUT2D eigenvalue weighted by Crippen LogP contribution is 2.39. The van der Waals surface area contributed by atoms with Gasteiger partial charge >= 0.3 is 6.18 Å². The molecule has 0 fully saturated rings. The molecular formula is C8H9F3N2O2. The Morgan fingerprint density at radius 2 is 1.60 bits per heavy atom. The second-order valence-corrected chi connectivity index (χ2v) is 3.02. The molecule has 0 aromatic heterocycles. The zero-order chi connectivity index (χ0) is 11.9. The van der Waals surface area contributed by atoms with Gasteiger partial charge in [0, 0.05) is 16.9 Å². The summed E-state index contributed by atoms with van der Waals surface area (Å²) < 4.78 is 36.7. The van der Waals surface area contributed by atoms with Gasteiger partial charge in [-0.3, -0.25) is 0 Å². The van der Waals surface area contributed by atoms with Crippen LogP contribution in [0.1, 0.15) is 5.56 Å². The predicted octanol–water partition coefficient (Wildman–Crippen LogP) is 0.551. The van der Waals surface area contributed by atoms with Gasteiger partial charge in [-0.2, -0.15) is 13.2 Å². The maximum absolute atomic E-state index is 12.2. The molecule has 15 heavy (non-hydrogen) atoms. The molecule has 0 unspecified atom stereocenters. The predicted molar refractivity (Wildman–Crippen MR) is 47.4 cm³/mol. The molecule has 1 aromatic rings. The van der Waals surface area contributed by atoms with Crippen molar-refractivity contribution in [3.05, 3.63) is 23.8 Å². The van der Waals surface area contributed by atoms with Crippen molar-refractivity contribution in [3.63, 3.8) is 0 Å². The molecule has 7 heteroatoms. The minimum absolute atomic E-state index is 0.0454. The van der Waals surface area contributed by atoms with E-state index in [1.165, 1.54) is 6.07 Å². The molecule has 84 valence electrons. The Balaban J connectivity index is 3.32. The SMILES string of the molecule is Nc1ccc(N)c(C(O)(O)C(F)(F)F)c1. The number of aliphatic hydroxyl groups is 2. The van der Waals surface area contributed by atoms with Crippen LogP contribution in [0.4, 0.5) is 24.5 Å². The Kier molecular flexibility index (Phi) is 2.54. The Hall–Kier alpha value is -1.47. The molecule has 6 N–H and O–H groups in total. The van der Waals surface area contributed by atoms with Crippen LogP contribution in [0, 0.1) is 0 Å². The van der Waals surface area contributed by atoms with Crippen LogP contribution in [0.15, 0.2) is 18.2 Å². The van der Waals surface area contributed by atoms with Crippen molar-refractivity contribution in [2.75, 3.05) is 11.5 Å². The number of halogens is 3. The maximum atomic E-state index is 12.2. The maximum Gasteiger partial charge on any atom is 0.447 e. The summed E-state index contributed by atoms with van der Waals surface area (Å²) in [5, 5.41) is 17.8. The summed E-state index contributed by atoms with van der Waals surface area (Å²) in [7, 11) is 0. The van der Waals surface area contributed by atoms with Crippen LogP contribution in [0.5, 0.6) is 0 Å². The number of benzene rings is 1. The molecule has 0 bridgehead atoms. The van der Waals surface area contributed by atoms with E-state index in [-0.39, 0.29) is 5.69 Å². The first kappa shape index (κ1) is 11.6. The molecule has 0 heterocycles. The number of nitrogen functional groups attached to an aromatic ring is 2. The van der Waals surface area contributed by atoms with Crippen molar-refractivity contribution >= 4 is 11.4 Å². The third-order valence-corrected chi connectivity index (χ3v) is 1.85. The molecular weight excluding hydrogens is 213 g/mol. The van der Waals surface area contributed by atoms with Gasteiger partial charge in [0.25, 0.3) is 5.79 Å². The standard InChI is InChI=1S/C8H9F3N2O2/c9-8(10,11)7(14,15)5-3-4(12)1-2-6(5)13/h1-3,14-15H,12-13H2. The molecule has 0 amide bonds. The van der Waals surface area contributed by atoms with E-state index >= 15 is 0 Å². The Labute approximate surface area is 82.9 Å². The van der Waals surface area contributed by atoms with Crippen molar-refractivity contribution < 1.29 is 23.4 Å². The first-order valence-corrected chi connectivity index (χ1v) is 3.83. The van der Waals surface area contributed by atoms with Gasteiger partial charge in [-0.15, -0.1) is 0 Å². The highest BCUT2D eigenvalue weighted by atomic mass is 19.4. The van der Waals surface area contributed by atoms with Gasteiger partial charge in [-0.05, 0) is 18.2 Å². The third kappa shape index (κ3) is 1.97. The summed E-state index contributed by atoms with van der Waals surface area (Å²) in [4.78, 5) is 0. The lowest BCUT2D eigenvalue weighted by atomic mass is 10.0. The van der Waals surface area contributed by atoms with Crippen LogP contribution < -0.4 is 11.5 Å². The van der Waals surface area contributed by atoms with Crippen molar-refractivity contribution in [1.29, 1.82) is 0 Å². The Morgan fingerprint density at radius 1 is 1.07 bits per heavy atom. The highest BCUT2D eigenvalue weighted by Gasteiger charge is 2.55. The van der Waals surface area contributed by atoms with E-state index in [0.717, 1.165) is 12.1 Å². The fourth-order valence-electron chi connectivity index (χ4n) is 1.03. The molecule has 1 aromatic carbocycles. The van der Waals surface area contributed by atoms with Gasteiger partial charge in [0.15, 0.2) is 0 Å². The van der Waals surface area contributed by atoms with E-state index in [0.29, 0.717) is 0 Å². The van der Waals surface area contributed by atoms with Gasteiger partial charge < -0.3 is 21.7 Å². The summed E-state index contributed by atoms with van der Waals surface area (Å²) in [6.45, 7) is 0. The lowest BCUT2D eigenvalue weighted by Gasteiger charge is -2.26. The molecule has 0 atom stereocenters. The van der Waals surface area contributed by atoms with Gasteiger partial charge in [-0.1, -0.05) is 0 Å². The van der Waals surface area contributed by atoms with E-state index < -0.39 is 23.2 Å². The number of anilines is 2. The van der Waals surface area contributed by atoms with E-state index in [4.69, 9.17) is 21.7 Å². The van der Waals surface area contributed by atoms with Crippen LogP contribution in [0.2, 0.25) is 0 Å². The Morgan fingerprint density at radius 3 is 2.07 bits per heavy atom. The topological polar surface area (TPSA) is 92.5 Å². The van der Waals surface area contributed by atoms with E-state index in [9.17, 15) is 13.2 Å². The summed E-state index contributed by atoms with van der Waals surface area (Å²) >= 11 is 0. The first-order chi connectivity index (χ1) is 6.66. The molecule has 0 saturated heterocycles. The van der Waals surface area contributed by atoms with Crippen molar-refractivity contribution in [1.82, 2.24) is 0 Å². The number of nitrogens with two attached hydrogens (primary N) is 2. The van der Waals surface area contributed by atoms with E-state index in [1.807, 2.05) is 0 Å². The monoisotopic (exact) mass is 222 g/mol. The lowest BCUT2D eigenvalue weighted by molar-refractivity contribution is -0.357. The van der Waals surface area contributed by atoms with Crippen LogP contribution in [-0.2, 0) is 5.79 Å². The fraction of sp³-hybridized carbons (Fsp3) is 0.250. The van der Waals surface area contributed by atoms with Gasteiger partial charge in [0.1, 0.15) is 0 Å². The fourth-order valence-corrected chi connectivity index (χ4v) is 1.03. The van der Waals surface area contributed by atoms with Gasteiger partial charge in [-0.25, -0.2) is 0 Å². The second kappa shape index (κ2) is 3.28. The highest BCUT2D eigenvalue weighted by molar-refractivity contribution is 5.57. The molecule has 4 nitrogen and oxygen atoms in total. The average molecular weight is 222 g/mol. The number of hydrogen-bond acceptors (Lipinski definition) is 4. The molecule has 0 spiro atoms. The zero-order valence-corrected chi connectivity index (χ0v) is 7.42. The smallest absolute Gasteiger partial charge is 0.399 e. The van der Waals surface area contributed by atoms with Gasteiger partial charge in [0.05, 0.1) is 0 Å². The lowest BCUT2D eigenvalue weighted by Crippen LogP contribution is -2.42. The second-order valence-electron chi connectivity index (χ2n) is 3.02. The molecule has 0 aliphatic rings. The first-order valence-electron chi connectivity index (χ1n) is 3.83. The van der Waals surface area contributed by atoms with Crippen LogP contribution in [0.3, 0.4) is 0 Å². The molecule has 0 radical (unpaired) electrons. The van der Waals surface area contributed by atoms with Crippen molar-refractivity contribution in [2.24, 2.45) is 0 Å². The third-order valence-electron chi connectivity index (χ3n) is 1.85.